The van der Waals surface area contributed by atoms with Crippen molar-refractivity contribution in [3.05, 3.63) is 97.3 Å². The Hall–Kier alpha value is -2.87. The van der Waals surface area contributed by atoms with Crippen LogP contribution in [0.1, 0.15) is 24.0 Å². The predicted octanol–water partition coefficient (Wildman–Crippen LogP) is 5.68. The van der Waals surface area contributed by atoms with Gasteiger partial charge in [-0.3, -0.25) is 4.98 Å². The third kappa shape index (κ3) is 4.80. The third-order valence-electron chi connectivity index (χ3n) is 4.03. The van der Waals surface area contributed by atoms with Gasteiger partial charge in [-0.05, 0) is 53.5 Å². The minimum atomic E-state index is 0.285. The summed E-state index contributed by atoms with van der Waals surface area (Å²) in [4.78, 5) is 6.62. The Morgan fingerprint density at radius 2 is 1.92 bits per heavy atom. The first-order valence-electron chi connectivity index (χ1n) is 8.43. The van der Waals surface area contributed by atoms with Crippen molar-refractivity contribution in [1.82, 2.24) is 9.88 Å². The number of hydrogen-bond acceptors (Lipinski definition) is 2. The predicted molar refractivity (Wildman–Crippen MR) is 109 cm³/mol. The van der Waals surface area contributed by atoms with Gasteiger partial charge in [0.05, 0.1) is 5.69 Å². The molecular weight excluding hydrogens is 304 g/mol. The number of allylic oxidation sites excluding steroid dienone is 5. The van der Waals surface area contributed by atoms with Crippen molar-refractivity contribution < 1.29 is 0 Å². The first kappa shape index (κ1) is 18.5. The molecule has 0 amide bonds. The topological polar surface area (TPSA) is 16.1 Å². The van der Waals surface area contributed by atoms with Crippen LogP contribution in [0.2, 0.25) is 0 Å². The number of aromatic nitrogens is 1. The van der Waals surface area contributed by atoms with E-state index in [-0.39, 0.29) is 5.92 Å². The number of rotatable bonds is 7. The van der Waals surface area contributed by atoms with Crippen molar-refractivity contribution in [2.45, 2.75) is 12.8 Å². The first-order chi connectivity index (χ1) is 12.1. The van der Waals surface area contributed by atoms with Gasteiger partial charge >= 0.3 is 0 Å². The van der Waals surface area contributed by atoms with E-state index in [1.54, 1.807) is 0 Å². The van der Waals surface area contributed by atoms with Gasteiger partial charge in [-0.15, -0.1) is 0 Å². The maximum absolute atomic E-state index is 4.52. The van der Waals surface area contributed by atoms with Crippen LogP contribution in [-0.4, -0.2) is 24.0 Å². The zero-order valence-electron chi connectivity index (χ0n) is 15.3. The zero-order valence-corrected chi connectivity index (χ0v) is 15.3. The van der Waals surface area contributed by atoms with Crippen LogP contribution >= 0.6 is 0 Å². The Labute approximate surface area is 151 Å². The molecule has 25 heavy (non-hydrogen) atoms. The summed E-state index contributed by atoms with van der Waals surface area (Å²) >= 11 is 0. The monoisotopic (exact) mass is 330 g/mol. The van der Waals surface area contributed by atoms with E-state index in [2.05, 4.69) is 54.2 Å². The molecule has 1 aromatic carbocycles. The smallest absolute Gasteiger partial charge is 0.0702 e. The van der Waals surface area contributed by atoms with Gasteiger partial charge < -0.3 is 4.90 Å². The molecule has 0 aliphatic carbocycles. The normalized spacial score (nSPS) is 12.8. The maximum Gasteiger partial charge on any atom is 0.0702 e. The summed E-state index contributed by atoms with van der Waals surface area (Å²) < 4.78 is 0. The molecule has 2 heteroatoms. The molecule has 1 heterocycles. The quantitative estimate of drug-likeness (QED) is 0.607. The van der Waals surface area contributed by atoms with Crippen molar-refractivity contribution in [2.75, 3.05) is 14.1 Å². The summed E-state index contributed by atoms with van der Waals surface area (Å²) in [5.41, 5.74) is 5.61. The summed E-state index contributed by atoms with van der Waals surface area (Å²) in [6, 6.07) is 12.6. The largest absolute Gasteiger partial charge is 0.377 e. The van der Waals surface area contributed by atoms with Crippen molar-refractivity contribution in [3.8, 4) is 11.3 Å². The summed E-state index contributed by atoms with van der Waals surface area (Å²) in [5.74, 6) is 0.285. The molecule has 0 bridgehead atoms. The molecule has 0 fully saturated rings. The zero-order chi connectivity index (χ0) is 18.2. The Kier molecular flexibility index (Phi) is 6.53. The molecule has 0 spiro atoms. The lowest BCUT2D eigenvalue weighted by atomic mass is 9.93. The van der Waals surface area contributed by atoms with Gasteiger partial charge in [0.1, 0.15) is 0 Å². The van der Waals surface area contributed by atoms with Gasteiger partial charge in [0.2, 0.25) is 0 Å². The van der Waals surface area contributed by atoms with Gasteiger partial charge in [0.25, 0.3) is 0 Å². The first-order valence-corrected chi connectivity index (χ1v) is 8.43. The van der Waals surface area contributed by atoms with E-state index in [9.17, 15) is 0 Å². The lowest BCUT2D eigenvalue weighted by molar-refractivity contribution is 0.592. The van der Waals surface area contributed by atoms with E-state index < -0.39 is 0 Å². The van der Waals surface area contributed by atoms with Crippen LogP contribution in [0.25, 0.3) is 17.0 Å². The van der Waals surface area contributed by atoms with Crippen LogP contribution in [0.4, 0.5) is 0 Å². The Bertz CT molecular complexity index is 783. The standard InChI is InChI=1S/C23H26N2/c1-6-8-12-18(3)19-15-20(22-13-9-10-14-24-22)17-21(16-19)23(11-7-2)25(4)5/h6-18H,1-2H2,3-5H3/b12-8-,23-11-. The van der Waals surface area contributed by atoms with Crippen LogP contribution in [0.15, 0.2) is 86.1 Å². The molecule has 1 aromatic heterocycles. The molecule has 0 saturated carbocycles. The highest BCUT2D eigenvalue weighted by atomic mass is 15.1. The summed E-state index contributed by atoms with van der Waals surface area (Å²) in [6.45, 7) is 9.80. The summed E-state index contributed by atoms with van der Waals surface area (Å²) in [7, 11) is 4.09. The Morgan fingerprint density at radius 3 is 2.52 bits per heavy atom. The molecule has 0 radical (unpaired) electrons. The van der Waals surface area contributed by atoms with E-state index in [4.69, 9.17) is 0 Å². The van der Waals surface area contributed by atoms with E-state index in [0.717, 1.165) is 22.5 Å². The van der Waals surface area contributed by atoms with Gasteiger partial charge in [0.15, 0.2) is 0 Å². The average Bonchev–Trinajstić information content (AvgIpc) is 2.64. The van der Waals surface area contributed by atoms with Crippen LogP contribution in [0.3, 0.4) is 0 Å². The maximum atomic E-state index is 4.52. The summed E-state index contributed by atoms with van der Waals surface area (Å²) in [5, 5.41) is 0. The van der Waals surface area contributed by atoms with Crippen LogP contribution in [-0.2, 0) is 0 Å². The molecule has 2 rings (SSSR count). The highest BCUT2D eigenvalue weighted by Crippen LogP contribution is 2.29. The van der Waals surface area contributed by atoms with E-state index in [1.165, 1.54) is 5.56 Å². The van der Waals surface area contributed by atoms with Crippen molar-refractivity contribution in [1.29, 1.82) is 0 Å². The second kappa shape index (κ2) is 8.84. The Morgan fingerprint density at radius 1 is 1.12 bits per heavy atom. The number of pyridine rings is 1. The Balaban J connectivity index is 2.63. The molecule has 128 valence electrons. The van der Waals surface area contributed by atoms with Crippen LogP contribution < -0.4 is 0 Å². The van der Waals surface area contributed by atoms with Crippen LogP contribution in [0, 0.1) is 0 Å². The second-order valence-corrected chi connectivity index (χ2v) is 6.15. The molecule has 0 N–H and O–H groups in total. The molecule has 0 saturated heterocycles. The highest BCUT2D eigenvalue weighted by Gasteiger charge is 2.11. The van der Waals surface area contributed by atoms with Crippen molar-refractivity contribution in [2.24, 2.45) is 0 Å². The van der Waals surface area contributed by atoms with Gasteiger partial charge in [-0.2, -0.15) is 0 Å². The fraction of sp³-hybridized carbons (Fsp3) is 0.174. The van der Waals surface area contributed by atoms with Crippen molar-refractivity contribution in [3.63, 3.8) is 0 Å². The van der Waals surface area contributed by atoms with Gasteiger partial charge in [-0.25, -0.2) is 0 Å². The molecule has 1 atom stereocenters. The summed E-state index contributed by atoms with van der Waals surface area (Å²) in [6.07, 6.45) is 11.6. The minimum Gasteiger partial charge on any atom is -0.377 e. The number of hydrogen-bond donors (Lipinski definition) is 0. The lowest BCUT2D eigenvalue weighted by Crippen LogP contribution is -2.10. The SMILES string of the molecule is C=C/C=C\C(C)c1cc(/C(=C/C=C)N(C)C)cc(-c2ccccn2)c1. The number of nitrogens with zero attached hydrogens (tertiary/aromatic N) is 2. The molecule has 0 aliphatic rings. The van der Waals surface area contributed by atoms with E-state index in [1.807, 2.05) is 62.8 Å². The molecule has 1 unspecified atom stereocenters. The number of benzene rings is 1. The van der Waals surface area contributed by atoms with Crippen molar-refractivity contribution >= 4 is 5.70 Å². The van der Waals surface area contributed by atoms with E-state index >= 15 is 0 Å². The van der Waals surface area contributed by atoms with Gasteiger partial charge in [-0.1, -0.05) is 50.5 Å². The molecule has 2 nitrogen and oxygen atoms in total. The molecule has 2 aromatic rings. The highest BCUT2D eigenvalue weighted by molar-refractivity contribution is 5.72. The fourth-order valence-corrected chi connectivity index (χ4v) is 2.72. The average molecular weight is 330 g/mol. The van der Waals surface area contributed by atoms with Gasteiger partial charge in [0, 0.05) is 31.6 Å². The molecular formula is C23H26N2. The lowest BCUT2D eigenvalue weighted by Gasteiger charge is -2.20. The second-order valence-electron chi connectivity index (χ2n) is 6.15. The van der Waals surface area contributed by atoms with E-state index in [0.29, 0.717) is 0 Å². The third-order valence-corrected chi connectivity index (χ3v) is 4.03. The minimum absolute atomic E-state index is 0.285. The fourth-order valence-electron chi connectivity index (χ4n) is 2.72. The molecule has 0 aliphatic heterocycles. The van der Waals surface area contributed by atoms with Crippen LogP contribution in [0.5, 0.6) is 0 Å².